The van der Waals surface area contributed by atoms with Crippen molar-refractivity contribution in [2.24, 2.45) is 5.92 Å². The minimum atomic E-state index is -0.232. The van der Waals surface area contributed by atoms with Crippen molar-refractivity contribution < 1.29 is 4.79 Å². The summed E-state index contributed by atoms with van der Waals surface area (Å²) < 4.78 is 4.20. The van der Waals surface area contributed by atoms with E-state index in [2.05, 4.69) is 84.7 Å². The molecule has 1 atom stereocenters. The molecule has 0 fully saturated rings. The summed E-state index contributed by atoms with van der Waals surface area (Å²) in [5.74, 6) is 1.35. The molecule has 2 aromatic heterocycles. The first kappa shape index (κ1) is 23.3. The van der Waals surface area contributed by atoms with E-state index in [1.807, 2.05) is 34.7 Å². The average Bonchev–Trinajstić information content (AvgIpc) is 3.43. The van der Waals surface area contributed by atoms with Gasteiger partial charge in [0.2, 0.25) is 0 Å². The number of hydrogen-bond donors (Lipinski definition) is 1. The fourth-order valence-electron chi connectivity index (χ4n) is 4.68. The number of nitrogens with one attached hydrogen (secondary N) is 1. The highest BCUT2D eigenvalue weighted by molar-refractivity contribution is 7.98. The maximum absolute atomic E-state index is 13.7. The third kappa shape index (κ3) is 4.36. The Labute approximate surface area is 211 Å². The van der Waals surface area contributed by atoms with Crippen LogP contribution in [0, 0.1) is 12.8 Å². The lowest BCUT2D eigenvalue weighted by atomic mass is 10.0. The summed E-state index contributed by atoms with van der Waals surface area (Å²) in [4.78, 5) is 16.8. The number of carbonyl (C=O) groups is 1. The van der Waals surface area contributed by atoms with Gasteiger partial charge in [0.15, 0.2) is 0 Å². The average molecular weight is 486 g/mol. The van der Waals surface area contributed by atoms with Crippen LogP contribution < -0.4 is 5.32 Å². The highest BCUT2D eigenvalue weighted by atomic mass is 32.2. The number of para-hydroxylation sites is 1. The first-order chi connectivity index (χ1) is 17.0. The number of aromatic nitrogens is 3. The van der Waals surface area contributed by atoms with Gasteiger partial charge in [-0.05, 0) is 61.1 Å². The van der Waals surface area contributed by atoms with Crippen LogP contribution in [0.15, 0.2) is 77.8 Å². The van der Waals surface area contributed by atoms with Crippen LogP contribution in [0.25, 0.3) is 11.5 Å². The van der Waals surface area contributed by atoms with Gasteiger partial charge >= 0.3 is 6.03 Å². The lowest BCUT2D eigenvalue weighted by molar-refractivity contribution is 0.179. The van der Waals surface area contributed by atoms with Crippen LogP contribution in [0.1, 0.15) is 42.4 Å². The zero-order chi connectivity index (χ0) is 24.5. The van der Waals surface area contributed by atoms with Gasteiger partial charge in [0, 0.05) is 23.2 Å². The second kappa shape index (κ2) is 9.66. The molecule has 7 heteroatoms. The van der Waals surface area contributed by atoms with Gasteiger partial charge < -0.3 is 14.8 Å². The summed E-state index contributed by atoms with van der Waals surface area (Å²) in [6.45, 7) is 7.34. The summed E-state index contributed by atoms with van der Waals surface area (Å²) in [5, 5.41) is 8.07. The molecule has 0 bridgehead atoms. The molecule has 6 nitrogen and oxygen atoms in total. The Kier molecular flexibility index (Phi) is 6.43. The first-order valence-corrected chi connectivity index (χ1v) is 13.2. The molecule has 4 aromatic rings. The number of thioether (sulfide) groups is 1. The summed E-state index contributed by atoms with van der Waals surface area (Å²) >= 11 is 1.72. The molecule has 0 aliphatic carbocycles. The predicted molar refractivity (Wildman–Crippen MR) is 141 cm³/mol. The van der Waals surface area contributed by atoms with Gasteiger partial charge in [-0.3, -0.25) is 0 Å². The van der Waals surface area contributed by atoms with Crippen molar-refractivity contribution in [3.63, 3.8) is 0 Å². The van der Waals surface area contributed by atoms with Crippen molar-refractivity contribution in [2.75, 3.05) is 12.8 Å². The number of hydrogen-bond acceptors (Lipinski definition) is 3. The van der Waals surface area contributed by atoms with Crippen molar-refractivity contribution in [1.29, 1.82) is 0 Å². The Bertz CT molecular complexity index is 1320. The normalized spacial score (nSPS) is 15.0. The molecule has 1 aliphatic rings. The van der Waals surface area contributed by atoms with E-state index in [0.717, 1.165) is 34.0 Å². The molecular formula is C28H31N5OS. The molecule has 3 heterocycles. The van der Waals surface area contributed by atoms with E-state index in [1.54, 1.807) is 11.8 Å². The highest BCUT2D eigenvalue weighted by Gasteiger charge is 2.35. The van der Waals surface area contributed by atoms with Crippen molar-refractivity contribution in [2.45, 2.75) is 38.3 Å². The van der Waals surface area contributed by atoms with E-state index >= 15 is 0 Å². The number of aryl methyl sites for hydroxylation is 1. The molecule has 0 saturated carbocycles. The molecule has 180 valence electrons. The smallest absolute Gasteiger partial charge is 0.318 e. The van der Waals surface area contributed by atoms with Gasteiger partial charge in [-0.2, -0.15) is 5.10 Å². The van der Waals surface area contributed by atoms with Gasteiger partial charge in [0.05, 0.1) is 29.7 Å². The molecule has 1 N–H and O–H groups in total. The van der Waals surface area contributed by atoms with Crippen LogP contribution in [-0.4, -0.2) is 38.1 Å². The van der Waals surface area contributed by atoms with Gasteiger partial charge in [-0.15, -0.1) is 11.8 Å². The SMILES string of the molecule is CSc1ccc([C@H]2c3cccn3-c3c(c(C)nn3-c3ccccc3)CN2C(=O)NCC(C)C)cc1. The summed E-state index contributed by atoms with van der Waals surface area (Å²) in [6.07, 6.45) is 4.15. The Morgan fingerprint density at radius 2 is 1.83 bits per heavy atom. The fraction of sp³-hybridized carbons (Fsp3) is 0.286. The lowest BCUT2D eigenvalue weighted by Gasteiger charge is -2.31. The Hall–Kier alpha value is -3.45. The van der Waals surface area contributed by atoms with E-state index in [4.69, 9.17) is 5.10 Å². The Morgan fingerprint density at radius 1 is 1.09 bits per heavy atom. The zero-order valence-corrected chi connectivity index (χ0v) is 21.4. The predicted octanol–water partition coefficient (Wildman–Crippen LogP) is 5.96. The number of nitrogens with zero attached hydrogens (tertiary/aromatic N) is 4. The molecule has 0 radical (unpaired) electrons. The van der Waals surface area contributed by atoms with Crippen LogP contribution in [0.5, 0.6) is 0 Å². The molecule has 2 aromatic carbocycles. The lowest BCUT2D eigenvalue weighted by Crippen LogP contribution is -2.43. The van der Waals surface area contributed by atoms with Gasteiger partial charge in [0.25, 0.3) is 0 Å². The maximum Gasteiger partial charge on any atom is 0.318 e. The van der Waals surface area contributed by atoms with Gasteiger partial charge in [0.1, 0.15) is 5.82 Å². The van der Waals surface area contributed by atoms with Crippen LogP contribution in [0.2, 0.25) is 0 Å². The molecule has 0 spiro atoms. The summed E-state index contributed by atoms with van der Waals surface area (Å²) in [5.41, 5.74) is 5.09. The fourth-order valence-corrected chi connectivity index (χ4v) is 5.09. The Balaban J connectivity index is 1.69. The largest absolute Gasteiger partial charge is 0.338 e. The molecule has 0 unspecified atom stereocenters. The maximum atomic E-state index is 13.7. The standard InChI is InChI=1S/C28H31N5OS/c1-19(2)17-29-28(34)32-18-24-20(3)30-33(22-9-6-5-7-10-22)27(24)31-16-8-11-25(31)26(32)21-12-14-23(35-4)15-13-21/h5-16,19,26H,17-18H2,1-4H3,(H,29,34)/t26-/m0/s1. The molecule has 1 aliphatic heterocycles. The van der Waals surface area contributed by atoms with E-state index in [9.17, 15) is 4.79 Å². The van der Waals surface area contributed by atoms with E-state index < -0.39 is 0 Å². The van der Waals surface area contributed by atoms with Crippen molar-refractivity contribution >= 4 is 17.8 Å². The summed E-state index contributed by atoms with van der Waals surface area (Å²) in [7, 11) is 0. The van der Waals surface area contributed by atoms with E-state index in [-0.39, 0.29) is 12.1 Å². The number of benzene rings is 2. The Morgan fingerprint density at radius 3 is 2.51 bits per heavy atom. The first-order valence-electron chi connectivity index (χ1n) is 12.0. The molecule has 35 heavy (non-hydrogen) atoms. The molecule has 0 saturated heterocycles. The van der Waals surface area contributed by atoms with Gasteiger partial charge in [-0.25, -0.2) is 9.48 Å². The third-order valence-electron chi connectivity index (χ3n) is 6.44. The van der Waals surface area contributed by atoms with Crippen LogP contribution in [0.3, 0.4) is 0 Å². The highest BCUT2D eigenvalue weighted by Crippen LogP contribution is 2.38. The van der Waals surface area contributed by atoms with Crippen molar-refractivity contribution in [1.82, 2.24) is 24.6 Å². The van der Waals surface area contributed by atoms with E-state index in [0.29, 0.717) is 19.0 Å². The second-order valence-electron chi connectivity index (χ2n) is 9.32. The number of rotatable bonds is 5. The summed E-state index contributed by atoms with van der Waals surface area (Å²) in [6, 6.07) is 22.6. The molecule has 2 amide bonds. The number of carbonyl (C=O) groups excluding carboxylic acids is 1. The van der Waals surface area contributed by atoms with Crippen LogP contribution >= 0.6 is 11.8 Å². The quantitative estimate of drug-likeness (QED) is 0.355. The monoisotopic (exact) mass is 485 g/mol. The number of fused-ring (bicyclic) bond motifs is 3. The van der Waals surface area contributed by atoms with E-state index in [1.165, 1.54) is 4.90 Å². The zero-order valence-electron chi connectivity index (χ0n) is 20.6. The third-order valence-corrected chi connectivity index (χ3v) is 7.18. The second-order valence-corrected chi connectivity index (χ2v) is 10.2. The number of amides is 2. The topological polar surface area (TPSA) is 55.1 Å². The van der Waals surface area contributed by atoms with Crippen LogP contribution in [-0.2, 0) is 6.54 Å². The van der Waals surface area contributed by atoms with Gasteiger partial charge in [-0.1, -0.05) is 44.2 Å². The molecular weight excluding hydrogens is 454 g/mol. The minimum absolute atomic E-state index is 0.0647. The van der Waals surface area contributed by atoms with Crippen LogP contribution in [0.4, 0.5) is 4.79 Å². The molecule has 5 rings (SSSR count). The van der Waals surface area contributed by atoms with Crippen molar-refractivity contribution in [3.8, 4) is 11.5 Å². The minimum Gasteiger partial charge on any atom is -0.338 e. The van der Waals surface area contributed by atoms with Crippen molar-refractivity contribution in [3.05, 3.63) is 95.4 Å². The number of urea groups is 1.